The summed E-state index contributed by atoms with van der Waals surface area (Å²) in [5.74, 6) is -1.37. The van der Waals surface area contributed by atoms with Crippen LogP contribution >= 0.6 is 0 Å². The number of halogens is 3. The maximum absolute atomic E-state index is 13.7. The monoisotopic (exact) mass is 365 g/mol. The van der Waals surface area contributed by atoms with Gasteiger partial charge in [-0.25, -0.2) is 4.39 Å². The van der Waals surface area contributed by atoms with E-state index >= 15 is 0 Å². The highest BCUT2D eigenvalue weighted by molar-refractivity contribution is 5.95. The Labute approximate surface area is 146 Å². The van der Waals surface area contributed by atoms with E-state index in [4.69, 9.17) is 9.15 Å². The molecule has 3 rings (SSSR count). The lowest BCUT2D eigenvalue weighted by Crippen LogP contribution is -2.14. The van der Waals surface area contributed by atoms with Crippen molar-refractivity contribution in [1.29, 1.82) is 0 Å². The Kier molecular flexibility index (Phi) is 5.01. The Morgan fingerprint density at radius 3 is 2.73 bits per heavy atom. The van der Waals surface area contributed by atoms with Gasteiger partial charge in [-0.2, -0.15) is 8.78 Å². The number of carbonyl (C=O) groups excluding carboxylic acids is 1. The summed E-state index contributed by atoms with van der Waals surface area (Å²) in [5.41, 5.74) is 1.36. The second-order valence-corrected chi connectivity index (χ2v) is 5.37. The molecule has 26 heavy (non-hydrogen) atoms. The van der Waals surface area contributed by atoms with E-state index in [0.717, 1.165) is 17.5 Å². The quantitative estimate of drug-likeness (QED) is 0.705. The van der Waals surface area contributed by atoms with E-state index in [9.17, 15) is 18.0 Å². The van der Waals surface area contributed by atoms with Crippen LogP contribution in [0.25, 0.3) is 11.0 Å². The van der Waals surface area contributed by atoms with Crippen molar-refractivity contribution in [1.82, 2.24) is 0 Å². The molecule has 3 aromatic rings. The number of ether oxygens (including phenoxy) is 2. The van der Waals surface area contributed by atoms with Crippen molar-refractivity contribution in [2.75, 3.05) is 12.4 Å². The van der Waals surface area contributed by atoms with Gasteiger partial charge in [0.05, 0.1) is 19.8 Å². The predicted octanol–water partition coefficient (Wildman–Crippen LogP) is 4.36. The van der Waals surface area contributed by atoms with Gasteiger partial charge in [0.25, 0.3) is 0 Å². The number of methoxy groups -OCH3 is 1. The number of fused-ring (bicyclic) bond motifs is 1. The molecule has 0 spiro atoms. The van der Waals surface area contributed by atoms with Gasteiger partial charge in [0.15, 0.2) is 11.6 Å². The highest BCUT2D eigenvalue weighted by atomic mass is 19.3. The SMILES string of the molecule is COc1ccc2c(CC(=O)Nc3ccc(OC(F)F)c(F)c3)coc2c1. The number of hydrogen-bond donors (Lipinski definition) is 1. The van der Waals surface area contributed by atoms with Crippen LogP contribution in [0.3, 0.4) is 0 Å². The van der Waals surface area contributed by atoms with E-state index < -0.39 is 24.1 Å². The fraction of sp³-hybridized carbons (Fsp3) is 0.167. The molecule has 1 amide bonds. The van der Waals surface area contributed by atoms with Crippen molar-refractivity contribution in [2.24, 2.45) is 0 Å². The number of rotatable bonds is 6. The van der Waals surface area contributed by atoms with Crippen LogP contribution in [0.5, 0.6) is 11.5 Å². The van der Waals surface area contributed by atoms with Gasteiger partial charge in [-0.3, -0.25) is 4.79 Å². The summed E-state index contributed by atoms with van der Waals surface area (Å²) in [5, 5.41) is 3.26. The molecular weight excluding hydrogens is 351 g/mol. The molecule has 5 nitrogen and oxygen atoms in total. The van der Waals surface area contributed by atoms with Crippen molar-refractivity contribution >= 4 is 22.6 Å². The normalized spacial score (nSPS) is 11.0. The number of amides is 1. The maximum Gasteiger partial charge on any atom is 0.387 e. The first kappa shape index (κ1) is 17.7. The molecule has 1 aromatic heterocycles. The highest BCUT2D eigenvalue weighted by Crippen LogP contribution is 2.27. The van der Waals surface area contributed by atoms with Crippen LogP contribution < -0.4 is 14.8 Å². The van der Waals surface area contributed by atoms with Crippen molar-refractivity contribution in [3.63, 3.8) is 0 Å². The fourth-order valence-electron chi connectivity index (χ4n) is 2.48. The van der Waals surface area contributed by atoms with Crippen LogP contribution in [-0.2, 0) is 11.2 Å². The lowest BCUT2D eigenvalue weighted by molar-refractivity contribution is -0.115. The Bertz CT molecular complexity index is 939. The Hall–Kier alpha value is -3.16. The van der Waals surface area contributed by atoms with Crippen molar-refractivity contribution < 1.29 is 31.9 Å². The van der Waals surface area contributed by atoms with Gasteiger partial charge in [0, 0.05) is 28.8 Å². The summed E-state index contributed by atoms with van der Waals surface area (Å²) in [6.07, 6.45) is 1.46. The average molecular weight is 365 g/mol. The third-order valence-electron chi connectivity index (χ3n) is 3.65. The van der Waals surface area contributed by atoms with Crippen LogP contribution in [-0.4, -0.2) is 19.6 Å². The van der Waals surface area contributed by atoms with Crippen LogP contribution in [0.2, 0.25) is 0 Å². The molecule has 2 aromatic carbocycles. The molecule has 0 radical (unpaired) electrons. The first-order valence-electron chi connectivity index (χ1n) is 7.54. The van der Waals surface area contributed by atoms with Crippen molar-refractivity contribution in [2.45, 2.75) is 13.0 Å². The zero-order chi connectivity index (χ0) is 18.7. The predicted molar refractivity (Wildman–Crippen MR) is 88.1 cm³/mol. The molecule has 1 heterocycles. The number of furan rings is 1. The van der Waals surface area contributed by atoms with E-state index in [1.165, 1.54) is 19.4 Å². The average Bonchev–Trinajstić information content (AvgIpc) is 2.99. The third-order valence-corrected chi connectivity index (χ3v) is 3.65. The van der Waals surface area contributed by atoms with Gasteiger partial charge in [-0.1, -0.05) is 0 Å². The highest BCUT2D eigenvalue weighted by Gasteiger charge is 2.14. The molecule has 136 valence electrons. The van der Waals surface area contributed by atoms with Crippen molar-refractivity contribution in [3.05, 3.63) is 54.0 Å². The van der Waals surface area contributed by atoms with Crippen molar-refractivity contribution in [3.8, 4) is 11.5 Å². The Morgan fingerprint density at radius 1 is 1.23 bits per heavy atom. The van der Waals surface area contributed by atoms with Gasteiger partial charge in [-0.15, -0.1) is 0 Å². The number of benzene rings is 2. The van der Waals surface area contributed by atoms with Gasteiger partial charge in [-0.05, 0) is 24.3 Å². The van der Waals surface area contributed by atoms with Crippen LogP contribution in [0.4, 0.5) is 18.9 Å². The maximum atomic E-state index is 13.7. The van der Waals surface area contributed by atoms with Crippen LogP contribution in [0, 0.1) is 5.82 Å². The number of nitrogens with one attached hydrogen (secondary N) is 1. The standard InChI is InChI=1S/C18H14F3NO4/c1-24-12-3-4-13-10(9-25-16(13)8-12)6-17(23)22-11-2-5-15(14(19)7-11)26-18(20)21/h2-5,7-9,18H,6H2,1H3,(H,22,23). The van der Waals surface area contributed by atoms with E-state index in [0.29, 0.717) is 16.9 Å². The summed E-state index contributed by atoms with van der Waals surface area (Å²) in [7, 11) is 1.54. The molecule has 0 aliphatic heterocycles. The number of hydrogen-bond acceptors (Lipinski definition) is 4. The lowest BCUT2D eigenvalue weighted by atomic mass is 10.1. The van der Waals surface area contributed by atoms with Gasteiger partial charge >= 0.3 is 6.61 Å². The zero-order valence-electron chi connectivity index (χ0n) is 13.6. The van der Waals surface area contributed by atoms with Crippen LogP contribution in [0.1, 0.15) is 5.56 Å². The molecule has 1 N–H and O–H groups in total. The molecular formula is C18H14F3NO4. The largest absolute Gasteiger partial charge is 0.497 e. The van der Waals surface area contributed by atoms with Crippen LogP contribution in [0.15, 0.2) is 47.1 Å². The number of anilines is 1. The molecule has 0 bridgehead atoms. The molecule has 0 fully saturated rings. The first-order valence-corrected chi connectivity index (χ1v) is 7.54. The molecule has 0 aliphatic rings. The number of alkyl halides is 2. The smallest absolute Gasteiger partial charge is 0.387 e. The minimum Gasteiger partial charge on any atom is -0.497 e. The summed E-state index contributed by atoms with van der Waals surface area (Å²) in [6, 6.07) is 8.43. The summed E-state index contributed by atoms with van der Waals surface area (Å²) < 4.78 is 52.5. The zero-order valence-corrected chi connectivity index (χ0v) is 13.6. The Balaban J connectivity index is 1.70. The minimum atomic E-state index is -3.13. The van der Waals surface area contributed by atoms with E-state index in [2.05, 4.69) is 10.1 Å². The van der Waals surface area contributed by atoms with Gasteiger partial charge in [0.2, 0.25) is 5.91 Å². The number of carbonyl (C=O) groups is 1. The first-order chi connectivity index (χ1) is 12.5. The minimum absolute atomic E-state index is 0.00374. The van der Waals surface area contributed by atoms with E-state index in [1.807, 2.05) is 0 Å². The molecule has 0 saturated carbocycles. The third kappa shape index (κ3) is 3.90. The lowest BCUT2D eigenvalue weighted by Gasteiger charge is -2.08. The topological polar surface area (TPSA) is 60.7 Å². The Morgan fingerprint density at radius 2 is 2.04 bits per heavy atom. The second kappa shape index (κ2) is 7.38. The van der Waals surface area contributed by atoms with Gasteiger partial charge in [0.1, 0.15) is 11.3 Å². The summed E-state index contributed by atoms with van der Waals surface area (Å²) >= 11 is 0. The molecule has 0 unspecified atom stereocenters. The van der Waals surface area contributed by atoms with E-state index in [1.54, 1.807) is 18.2 Å². The summed E-state index contributed by atoms with van der Waals surface area (Å²) in [6.45, 7) is -3.13. The molecule has 0 aliphatic carbocycles. The molecule has 0 saturated heterocycles. The second-order valence-electron chi connectivity index (χ2n) is 5.37. The van der Waals surface area contributed by atoms with Gasteiger partial charge < -0.3 is 19.2 Å². The fourth-order valence-corrected chi connectivity index (χ4v) is 2.48. The van der Waals surface area contributed by atoms with E-state index in [-0.39, 0.29) is 12.1 Å². The summed E-state index contributed by atoms with van der Waals surface area (Å²) in [4.78, 5) is 12.2. The molecule has 8 heteroatoms. The molecule has 0 atom stereocenters.